The molecule has 1 aromatic heterocycles. The predicted molar refractivity (Wildman–Crippen MR) is 87.2 cm³/mol. The number of hydrogen-bond donors (Lipinski definition) is 1. The number of hydrogen-bond acceptors (Lipinski definition) is 5. The van der Waals surface area contributed by atoms with Crippen LogP contribution in [0.2, 0.25) is 0 Å². The van der Waals surface area contributed by atoms with Crippen molar-refractivity contribution < 1.29 is 9.53 Å². The third kappa shape index (κ3) is 2.84. The zero-order valence-electron chi connectivity index (χ0n) is 13.3. The van der Waals surface area contributed by atoms with E-state index in [2.05, 4.69) is 9.97 Å². The normalized spacial score (nSPS) is 17.3. The zero-order valence-corrected chi connectivity index (χ0v) is 13.3. The summed E-state index contributed by atoms with van der Waals surface area (Å²) in [6.45, 7) is 2.49. The maximum atomic E-state index is 12.9. The highest BCUT2D eigenvalue weighted by molar-refractivity contribution is 5.95. The topological polar surface area (TPSA) is 81.3 Å². The highest BCUT2D eigenvalue weighted by atomic mass is 16.5. The molecular formula is C17H20N4O2. The van der Waals surface area contributed by atoms with E-state index in [-0.39, 0.29) is 17.9 Å². The molecule has 1 aromatic carbocycles. The Hall–Kier alpha value is -2.63. The first-order chi connectivity index (χ1) is 11.1. The third-order valence-electron chi connectivity index (χ3n) is 4.24. The molecule has 2 heterocycles. The molecule has 1 atom stereocenters. The van der Waals surface area contributed by atoms with Gasteiger partial charge in [0.25, 0.3) is 5.91 Å². The number of rotatable bonds is 3. The van der Waals surface area contributed by atoms with Gasteiger partial charge in [0.05, 0.1) is 24.4 Å². The molecule has 0 radical (unpaired) electrons. The van der Waals surface area contributed by atoms with E-state index >= 15 is 0 Å². The van der Waals surface area contributed by atoms with Crippen LogP contribution in [0.5, 0.6) is 5.75 Å². The van der Waals surface area contributed by atoms with Crippen molar-refractivity contribution in [3.05, 3.63) is 47.3 Å². The smallest absolute Gasteiger partial charge is 0.257 e. The Labute approximate surface area is 135 Å². The molecule has 1 unspecified atom stereocenters. The number of anilines is 1. The Balaban J connectivity index is 1.93. The van der Waals surface area contributed by atoms with Crippen molar-refractivity contribution in [2.24, 2.45) is 0 Å². The van der Waals surface area contributed by atoms with Crippen molar-refractivity contribution in [2.75, 3.05) is 19.4 Å². The summed E-state index contributed by atoms with van der Waals surface area (Å²) in [6, 6.07) is 7.85. The lowest BCUT2D eigenvalue weighted by Gasteiger charge is -2.26. The first-order valence-corrected chi connectivity index (χ1v) is 7.65. The summed E-state index contributed by atoms with van der Waals surface area (Å²) >= 11 is 0. The van der Waals surface area contributed by atoms with Crippen molar-refractivity contribution >= 4 is 11.9 Å². The fourth-order valence-corrected chi connectivity index (χ4v) is 3.12. The van der Waals surface area contributed by atoms with Gasteiger partial charge in [-0.15, -0.1) is 0 Å². The summed E-state index contributed by atoms with van der Waals surface area (Å²) in [6.07, 6.45) is 3.39. The largest absolute Gasteiger partial charge is 0.496 e. The van der Waals surface area contributed by atoms with Crippen LogP contribution in [-0.2, 0) is 0 Å². The summed E-state index contributed by atoms with van der Waals surface area (Å²) in [5, 5.41) is 0. The molecule has 1 aliphatic rings. The molecule has 0 bridgehead atoms. The number of para-hydroxylation sites is 1. The minimum atomic E-state index is -0.0593. The molecule has 120 valence electrons. The number of benzene rings is 1. The van der Waals surface area contributed by atoms with Gasteiger partial charge in [0, 0.05) is 18.3 Å². The van der Waals surface area contributed by atoms with E-state index in [0.717, 1.165) is 24.2 Å². The van der Waals surface area contributed by atoms with Gasteiger partial charge in [-0.3, -0.25) is 4.79 Å². The number of amides is 1. The number of aromatic nitrogens is 2. The van der Waals surface area contributed by atoms with E-state index in [1.54, 1.807) is 14.0 Å². The van der Waals surface area contributed by atoms with Gasteiger partial charge in [0.2, 0.25) is 5.95 Å². The minimum Gasteiger partial charge on any atom is -0.496 e. The molecule has 2 aromatic rings. The fraction of sp³-hybridized carbons (Fsp3) is 0.353. The number of carbonyl (C=O) groups is 1. The van der Waals surface area contributed by atoms with Gasteiger partial charge < -0.3 is 15.4 Å². The van der Waals surface area contributed by atoms with E-state index in [4.69, 9.17) is 10.5 Å². The lowest BCUT2D eigenvalue weighted by atomic mass is 10.0. The first kappa shape index (κ1) is 15.3. The number of ether oxygens (including phenoxy) is 1. The number of nitrogen functional groups attached to an aromatic ring is 1. The van der Waals surface area contributed by atoms with Crippen LogP contribution in [0.1, 0.15) is 40.5 Å². The summed E-state index contributed by atoms with van der Waals surface area (Å²) < 4.78 is 5.45. The molecule has 6 nitrogen and oxygen atoms in total. The van der Waals surface area contributed by atoms with Gasteiger partial charge in [-0.05, 0) is 25.8 Å². The molecule has 6 heteroatoms. The van der Waals surface area contributed by atoms with Crippen molar-refractivity contribution in [2.45, 2.75) is 25.8 Å². The van der Waals surface area contributed by atoms with E-state index < -0.39 is 0 Å². The van der Waals surface area contributed by atoms with Crippen LogP contribution in [-0.4, -0.2) is 34.4 Å². The van der Waals surface area contributed by atoms with Crippen LogP contribution in [0, 0.1) is 6.92 Å². The van der Waals surface area contributed by atoms with Gasteiger partial charge in [0.1, 0.15) is 5.75 Å². The van der Waals surface area contributed by atoms with E-state index in [0.29, 0.717) is 17.8 Å². The second-order valence-corrected chi connectivity index (χ2v) is 5.63. The SMILES string of the molecule is COc1ccccc1C1CCCN1C(=O)c1cnc(N)nc1C. The standard InChI is InChI=1S/C17H20N4O2/c1-11-13(10-19-17(18)20-11)16(22)21-9-5-7-14(21)12-6-3-4-8-15(12)23-2/h3-4,6,8,10,14H,5,7,9H2,1-2H3,(H2,18,19,20). The minimum absolute atomic E-state index is 0.00982. The Kier molecular flexibility index (Phi) is 4.14. The summed E-state index contributed by atoms with van der Waals surface area (Å²) in [4.78, 5) is 22.9. The fourth-order valence-electron chi connectivity index (χ4n) is 3.12. The van der Waals surface area contributed by atoms with Gasteiger partial charge in [-0.2, -0.15) is 0 Å². The lowest BCUT2D eigenvalue weighted by molar-refractivity contribution is 0.0732. The molecule has 1 amide bonds. The number of methoxy groups -OCH3 is 1. The second kappa shape index (κ2) is 6.24. The Bertz CT molecular complexity index is 732. The highest BCUT2D eigenvalue weighted by Crippen LogP contribution is 2.37. The van der Waals surface area contributed by atoms with Crippen LogP contribution in [0.25, 0.3) is 0 Å². The average molecular weight is 312 g/mol. The van der Waals surface area contributed by atoms with Gasteiger partial charge >= 0.3 is 0 Å². The van der Waals surface area contributed by atoms with Crippen LogP contribution >= 0.6 is 0 Å². The molecule has 0 aliphatic carbocycles. The first-order valence-electron chi connectivity index (χ1n) is 7.65. The summed E-state index contributed by atoms with van der Waals surface area (Å²) in [5.74, 6) is 0.931. The Morgan fingerprint density at radius 1 is 1.39 bits per heavy atom. The van der Waals surface area contributed by atoms with Crippen molar-refractivity contribution in [3.63, 3.8) is 0 Å². The number of carbonyl (C=O) groups excluding carboxylic acids is 1. The molecule has 1 aliphatic heterocycles. The van der Waals surface area contributed by atoms with Crippen LogP contribution in [0.4, 0.5) is 5.95 Å². The van der Waals surface area contributed by atoms with Crippen LogP contribution in [0.3, 0.4) is 0 Å². The second-order valence-electron chi connectivity index (χ2n) is 5.63. The lowest BCUT2D eigenvalue weighted by Crippen LogP contribution is -2.31. The van der Waals surface area contributed by atoms with E-state index in [1.807, 2.05) is 29.2 Å². The summed E-state index contributed by atoms with van der Waals surface area (Å²) in [7, 11) is 1.65. The highest BCUT2D eigenvalue weighted by Gasteiger charge is 2.33. The maximum Gasteiger partial charge on any atom is 0.257 e. The number of likely N-dealkylation sites (tertiary alicyclic amines) is 1. The van der Waals surface area contributed by atoms with E-state index in [9.17, 15) is 4.79 Å². The number of nitrogens with zero attached hydrogens (tertiary/aromatic N) is 3. The predicted octanol–water partition coefficient (Wildman–Crippen LogP) is 2.35. The third-order valence-corrected chi connectivity index (χ3v) is 4.24. The number of aryl methyl sites for hydroxylation is 1. The number of nitrogens with two attached hydrogens (primary N) is 1. The molecule has 23 heavy (non-hydrogen) atoms. The van der Waals surface area contributed by atoms with Crippen molar-refractivity contribution in [1.29, 1.82) is 0 Å². The molecule has 2 N–H and O–H groups in total. The Morgan fingerprint density at radius 2 is 2.17 bits per heavy atom. The van der Waals surface area contributed by atoms with Gasteiger partial charge in [-0.1, -0.05) is 18.2 Å². The molecular weight excluding hydrogens is 292 g/mol. The van der Waals surface area contributed by atoms with Crippen LogP contribution in [0.15, 0.2) is 30.5 Å². The zero-order chi connectivity index (χ0) is 16.4. The molecule has 1 saturated heterocycles. The van der Waals surface area contributed by atoms with E-state index in [1.165, 1.54) is 6.20 Å². The van der Waals surface area contributed by atoms with Crippen LogP contribution < -0.4 is 10.5 Å². The van der Waals surface area contributed by atoms with Crippen molar-refractivity contribution in [1.82, 2.24) is 14.9 Å². The molecule has 0 saturated carbocycles. The van der Waals surface area contributed by atoms with Gasteiger partial charge in [-0.25, -0.2) is 9.97 Å². The van der Waals surface area contributed by atoms with Crippen molar-refractivity contribution in [3.8, 4) is 5.75 Å². The quantitative estimate of drug-likeness (QED) is 0.941. The molecule has 0 spiro atoms. The average Bonchev–Trinajstić information content (AvgIpc) is 3.03. The maximum absolute atomic E-state index is 12.9. The monoisotopic (exact) mass is 312 g/mol. The molecule has 3 rings (SSSR count). The Morgan fingerprint density at radius 3 is 2.91 bits per heavy atom. The van der Waals surface area contributed by atoms with Gasteiger partial charge in [0.15, 0.2) is 0 Å². The molecule has 1 fully saturated rings. The summed E-state index contributed by atoms with van der Waals surface area (Å²) in [5.41, 5.74) is 7.72.